The van der Waals surface area contributed by atoms with Crippen molar-refractivity contribution in [2.75, 3.05) is 5.32 Å². The van der Waals surface area contributed by atoms with E-state index in [1.165, 1.54) is 6.07 Å². The van der Waals surface area contributed by atoms with E-state index < -0.39 is 18.0 Å². The van der Waals surface area contributed by atoms with Crippen LogP contribution in [0.1, 0.15) is 37.2 Å². The minimum atomic E-state index is -4.71. The number of hydrogen-bond acceptors (Lipinski definition) is 4. The van der Waals surface area contributed by atoms with Crippen molar-refractivity contribution in [3.05, 3.63) is 50.9 Å². The molecule has 0 radical (unpaired) electrons. The Morgan fingerprint density at radius 1 is 1.26 bits per heavy atom. The van der Waals surface area contributed by atoms with Gasteiger partial charge >= 0.3 is 6.18 Å². The molecule has 27 heavy (non-hydrogen) atoms. The normalized spacial score (nSPS) is 22.4. The number of halogens is 5. The van der Waals surface area contributed by atoms with Crippen molar-refractivity contribution in [1.29, 1.82) is 0 Å². The van der Waals surface area contributed by atoms with Gasteiger partial charge in [0.15, 0.2) is 5.78 Å². The number of rotatable bonds is 1. The molecule has 1 aromatic carbocycles. The van der Waals surface area contributed by atoms with Crippen LogP contribution in [-0.2, 0) is 11.0 Å². The number of hydrogen-bond donors (Lipinski definition) is 1. The maximum Gasteiger partial charge on any atom is 0.453 e. The number of carbonyl (C=O) groups is 1. The van der Waals surface area contributed by atoms with E-state index in [1.807, 2.05) is 6.92 Å². The van der Waals surface area contributed by atoms with E-state index in [9.17, 15) is 18.0 Å². The number of nitrogens with zero attached hydrogens (tertiary/aromatic N) is 3. The number of alkyl halides is 3. The third kappa shape index (κ3) is 3.10. The Hall–Kier alpha value is -2.06. The summed E-state index contributed by atoms with van der Waals surface area (Å²) in [5.41, 5.74) is 1.37. The Balaban J connectivity index is 1.94. The summed E-state index contributed by atoms with van der Waals surface area (Å²) in [4.78, 5) is 16.4. The summed E-state index contributed by atoms with van der Waals surface area (Å²) in [6.07, 6.45) is -3.88. The Morgan fingerprint density at radius 2 is 2.00 bits per heavy atom. The van der Waals surface area contributed by atoms with Gasteiger partial charge in [-0.1, -0.05) is 36.2 Å². The van der Waals surface area contributed by atoms with E-state index in [4.69, 9.17) is 23.2 Å². The fourth-order valence-corrected chi connectivity index (χ4v) is 4.05. The molecule has 1 N–H and O–H groups in total. The first-order valence-electron chi connectivity index (χ1n) is 8.17. The molecule has 0 spiro atoms. The number of benzene rings is 1. The van der Waals surface area contributed by atoms with E-state index in [1.54, 1.807) is 12.1 Å². The van der Waals surface area contributed by atoms with Crippen molar-refractivity contribution < 1.29 is 18.0 Å². The van der Waals surface area contributed by atoms with Crippen molar-refractivity contribution >= 4 is 34.9 Å². The average molecular weight is 417 g/mol. The van der Waals surface area contributed by atoms with Crippen LogP contribution in [0.25, 0.3) is 0 Å². The number of fused-ring (bicyclic) bond motifs is 1. The molecule has 5 nitrogen and oxygen atoms in total. The minimum Gasteiger partial charge on any atom is -0.328 e. The first-order valence-corrected chi connectivity index (χ1v) is 8.92. The first-order chi connectivity index (χ1) is 12.6. The molecule has 2 unspecified atom stereocenters. The molecule has 1 aliphatic heterocycles. The topological polar surface area (TPSA) is 59.8 Å². The maximum atomic E-state index is 13.2. The average Bonchev–Trinajstić information content (AvgIpc) is 2.97. The van der Waals surface area contributed by atoms with Gasteiger partial charge in [-0.2, -0.15) is 18.2 Å². The van der Waals surface area contributed by atoms with Crippen LogP contribution >= 0.6 is 23.2 Å². The fourth-order valence-electron chi connectivity index (χ4n) is 3.54. The van der Waals surface area contributed by atoms with Crippen molar-refractivity contribution in [3.63, 3.8) is 0 Å². The number of nitrogens with one attached hydrogen (secondary N) is 1. The van der Waals surface area contributed by atoms with Crippen LogP contribution in [0.2, 0.25) is 10.0 Å². The molecule has 142 valence electrons. The van der Waals surface area contributed by atoms with Gasteiger partial charge in [0.2, 0.25) is 5.95 Å². The second-order valence-corrected chi connectivity index (χ2v) is 7.57. The summed E-state index contributed by atoms with van der Waals surface area (Å²) >= 11 is 12.3. The molecule has 0 saturated heterocycles. The van der Waals surface area contributed by atoms with Gasteiger partial charge in [0.1, 0.15) is 6.04 Å². The van der Waals surface area contributed by atoms with E-state index in [2.05, 4.69) is 15.4 Å². The van der Waals surface area contributed by atoms with E-state index in [0.29, 0.717) is 34.7 Å². The third-order valence-electron chi connectivity index (χ3n) is 4.63. The van der Waals surface area contributed by atoms with Crippen LogP contribution in [0, 0.1) is 5.92 Å². The van der Waals surface area contributed by atoms with Crippen LogP contribution in [0.15, 0.2) is 29.5 Å². The molecule has 0 saturated carbocycles. The predicted octanol–water partition coefficient (Wildman–Crippen LogP) is 4.87. The lowest BCUT2D eigenvalue weighted by atomic mass is 9.81. The Kier molecular flexibility index (Phi) is 4.23. The Morgan fingerprint density at radius 3 is 2.67 bits per heavy atom. The lowest BCUT2D eigenvalue weighted by Gasteiger charge is -2.34. The summed E-state index contributed by atoms with van der Waals surface area (Å²) in [5, 5.41) is 7.11. The second-order valence-electron chi connectivity index (χ2n) is 6.72. The minimum absolute atomic E-state index is 0.0704. The van der Waals surface area contributed by atoms with Crippen LogP contribution in [-0.4, -0.2) is 20.5 Å². The zero-order valence-electron chi connectivity index (χ0n) is 13.9. The molecular formula is C17H13Cl2F3N4O. The highest BCUT2D eigenvalue weighted by Crippen LogP contribution is 2.44. The summed E-state index contributed by atoms with van der Waals surface area (Å²) in [7, 11) is 0. The van der Waals surface area contributed by atoms with Crippen LogP contribution in [0.5, 0.6) is 0 Å². The molecule has 10 heteroatoms. The van der Waals surface area contributed by atoms with Gasteiger partial charge in [-0.25, -0.2) is 4.68 Å². The molecule has 4 rings (SSSR count). The monoisotopic (exact) mass is 416 g/mol. The van der Waals surface area contributed by atoms with Crippen LogP contribution in [0.4, 0.5) is 19.1 Å². The standard InChI is InChI=1S/C17H13Cl2F3N4O/c1-7-4-11-13(12(27)5-7)14(9-3-2-8(18)6-10(9)19)26-16(23-11)24-15(25-26)17(20,21)22/h2-3,6-7,14H,4-5H2,1H3,(H,23,24,25). The Bertz CT molecular complexity index is 983. The molecule has 0 fully saturated rings. The van der Waals surface area contributed by atoms with Gasteiger partial charge in [-0.15, -0.1) is 5.10 Å². The second kappa shape index (κ2) is 6.24. The smallest absolute Gasteiger partial charge is 0.328 e. The van der Waals surface area contributed by atoms with Crippen LogP contribution in [0.3, 0.4) is 0 Å². The first kappa shape index (κ1) is 18.3. The van der Waals surface area contributed by atoms with Gasteiger partial charge in [0.05, 0.1) is 0 Å². The molecule has 2 aromatic rings. The lowest BCUT2D eigenvalue weighted by Crippen LogP contribution is -2.33. The zero-order valence-corrected chi connectivity index (χ0v) is 15.5. The largest absolute Gasteiger partial charge is 0.453 e. The molecule has 0 bridgehead atoms. The van der Waals surface area contributed by atoms with Gasteiger partial charge in [-0.05, 0) is 24.5 Å². The molecule has 2 heterocycles. The van der Waals surface area contributed by atoms with Crippen molar-refractivity contribution in [1.82, 2.24) is 14.8 Å². The lowest BCUT2D eigenvalue weighted by molar-refractivity contribution is -0.145. The van der Waals surface area contributed by atoms with Crippen molar-refractivity contribution in [2.24, 2.45) is 5.92 Å². The molecule has 1 aliphatic carbocycles. The predicted molar refractivity (Wildman–Crippen MR) is 93.7 cm³/mol. The maximum absolute atomic E-state index is 13.2. The van der Waals surface area contributed by atoms with Crippen molar-refractivity contribution in [2.45, 2.75) is 32.0 Å². The highest BCUT2D eigenvalue weighted by molar-refractivity contribution is 6.35. The number of allylic oxidation sites excluding steroid dienone is 2. The van der Waals surface area contributed by atoms with Crippen LogP contribution < -0.4 is 5.32 Å². The summed E-state index contributed by atoms with van der Waals surface area (Å²) in [6.45, 7) is 1.91. The van der Waals surface area contributed by atoms with E-state index in [0.717, 1.165) is 4.68 Å². The number of carbonyl (C=O) groups excluding carboxylic acids is 1. The highest BCUT2D eigenvalue weighted by atomic mass is 35.5. The number of anilines is 1. The van der Waals surface area contributed by atoms with Gasteiger partial charge < -0.3 is 5.32 Å². The molecule has 1 aromatic heterocycles. The third-order valence-corrected chi connectivity index (χ3v) is 5.20. The SMILES string of the molecule is CC1CC(=O)C2=C(C1)Nc1nc(C(F)(F)F)nn1C2c1ccc(Cl)cc1Cl. The summed E-state index contributed by atoms with van der Waals surface area (Å²) in [6, 6.07) is 3.75. The fraction of sp³-hybridized carbons (Fsp3) is 0.353. The quantitative estimate of drug-likeness (QED) is 0.719. The molecule has 2 atom stereocenters. The van der Waals surface area contributed by atoms with Gasteiger partial charge in [0, 0.05) is 33.3 Å². The van der Waals surface area contributed by atoms with Gasteiger partial charge in [-0.3, -0.25) is 4.79 Å². The number of ketones is 1. The highest BCUT2D eigenvalue weighted by Gasteiger charge is 2.43. The number of aromatic nitrogens is 3. The molecule has 2 aliphatic rings. The molecular weight excluding hydrogens is 404 g/mol. The van der Waals surface area contributed by atoms with Gasteiger partial charge in [0.25, 0.3) is 5.82 Å². The molecule has 0 amide bonds. The van der Waals surface area contributed by atoms with Crippen molar-refractivity contribution in [3.8, 4) is 0 Å². The Labute approximate surface area is 162 Å². The van der Waals surface area contributed by atoms with E-state index in [-0.39, 0.29) is 22.7 Å². The summed E-state index contributed by atoms with van der Waals surface area (Å²) < 4.78 is 40.5. The summed E-state index contributed by atoms with van der Waals surface area (Å²) in [5.74, 6) is -1.43. The van der Waals surface area contributed by atoms with E-state index >= 15 is 0 Å². The number of Topliss-reactive ketones (excluding diaryl/α,β-unsaturated/α-hetero) is 1. The zero-order chi connectivity index (χ0) is 19.5.